The molecule has 0 radical (unpaired) electrons. The summed E-state index contributed by atoms with van der Waals surface area (Å²) in [5.41, 5.74) is 1.39. The molecule has 1 N–H and O–H groups in total. The maximum absolute atomic E-state index is 12.2. The van der Waals surface area contributed by atoms with Crippen LogP contribution in [-0.4, -0.2) is 22.5 Å². The summed E-state index contributed by atoms with van der Waals surface area (Å²) in [5.74, 6) is 0.425. The minimum Gasteiger partial charge on any atom is -0.477 e. The second kappa shape index (κ2) is 6.47. The molecule has 6 heteroatoms. The number of hydrogen-bond acceptors (Lipinski definition) is 5. The fraction of sp³-hybridized carbons (Fsp3) is 0.357. The Balaban J connectivity index is 2.15. The fourth-order valence-electron chi connectivity index (χ4n) is 1.59. The van der Waals surface area contributed by atoms with E-state index >= 15 is 0 Å². The van der Waals surface area contributed by atoms with Gasteiger partial charge in [-0.2, -0.15) is 0 Å². The summed E-state index contributed by atoms with van der Waals surface area (Å²) in [6, 6.07) is 3.39. The average Bonchev–Trinajstić information content (AvgIpc) is 2.88. The van der Waals surface area contributed by atoms with Gasteiger partial charge in [-0.3, -0.25) is 10.1 Å². The minimum absolute atomic E-state index is 0.258. The van der Waals surface area contributed by atoms with E-state index in [1.165, 1.54) is 11.3 Å². The largest absolute Gasteiger partial charge is 0.477 e. The molecule has 0 fully saturated rings. The predicted molar refractivity (Wildman–Crippen MR) is 79.6 cm³/mol. The normalized spacial score (nSPS) is 10.6. The van der Waals surface area contributed by atoms with Crippen LogP contribution in [0.3, 0.4) is 0 Å². The number of aromatic nitrogens is 2. The molecule has 20 heavy (non-hydrogen) atoms. The van der Waals surface area contributed by atoms with Crippen molar-refractivity contribution in [3.63, 3.8) is 0 Å². The first-order chi connectivity index (χ1) is 9.61. The third-order valence-corrected chi connectivity index (χ3v) is 3.41. The highest BCUT2D eigenvalue weighted by Gasteiger charge is 2.15. The molecule has 1 amide bonds. The van der Waals surface area contributed by atoms with Crippen LogP contribution in [0.25, 0.3) is 0 Å². The van der Waals surface area contributed by atoms with Gasteiger partial charge < -0.3 is 4.74 Å². The van der Waals surface area contributed by atoms with Crippen molar-refractivity contribution >= 4 is 22.4 Å². The second-order valence-electron chi connectivity index (χ2n) is 4.48. The van der Waals surface area contributed by atoms with Gasteiger partial charge in [-0.1, -0.05) is 13.8 Å². The lowest BCUT2D eigenvalue weighted by Gasteiger charge is -2.07. The van der Waals surface area contributed by atoms with E-state index in [1.54, 1.807) is 18.3 Å². The molecule has 0 bridgehead atoms. The van der Waals surface area contributed by atoms with Gasteiger partial charge in [-0.05, 0) is 25.0 Å². The molecule has 0 saturated carbocycles. The number of thiazole rings is 1. The Morgan fingerprint density at radius 2 is 2.30 bits per heavy atom. The molecule has 5 nitrogen and oxygen atoms in total. The maximum atomic E-state index is 12.2. The van der Waals surface area contributed by atoms with Crippen molar-refractivity contribution in [3.05, 3.63) is 35.0 Å². The van der Waals surface area contributed by atoms with Gasteiger partial charge >= 0.3 is 0 Å². The van der Waals surface area contributed by atoms with Crippen molar-refractivity contribution in [2.75, 3.05) is 11.9 Å². The number of carbonyl (C=O) groups is 1. The molecular weight excluding hydrogens is 274 g/mol. The molecule has 0 aliphatic heterocycles. The monoisotopic (exact) mass is 291 g/mol. The lowest BCUT2D eigenvalue weighted by Crippen LogP contribution is -2.14. The van der Waals surface area contributed by atoms with E-state index in [-0.39, 0.29) is 5.91 Å². The smallest absolute Gasteiger partial charge is 0.262 e. The van der Waals surface area contributed by atoms with Gasteiger partial charge in [-0.25, -0.2) is 9.97 Å². The Bertz CT molecular complexity index is 596. The SMILES string of the molecule is CCOc1ncccc1C(=O)Nc1nc(C(C)C)cs1. The summed E-state index contributed by atoms with van der Waals surface area (Å²) in [7, 11) is 0. The number of rotatable bonds is 5. The summed E-state index contributed by atoms with van der Waals surface area (Å²) in [6.45, 7) is 6.45. The van der Waals surface area contributed by atoms with Crippen LogP contribution in [-0.2, 0) is 0 Å². The zero-order chi connectivity index (χ0) is 14.5. The Morgan fingerprint density at radius 3 is 2.95 bits per heavy atom. The van der Waals surface area contributed by atoms with Gasteiger partial charge in [0.05, 0.1) is 12.3 Å². The fourth-order valence-corrected chi connectivity index (χ4v) is 2.46. The summed E-state index contributed by atoms with van der Waals surface area (Å²) >= 11 is 1.42. The molecule has 2 aromatic rings. The highest BCUT2D eigenvalue weighted by atomic mass is 32.1. The molecule has 0 aliphatic carbocycles. The van der Waals surface area contributed by atoms with Crippen LogP contribution in [0.1, 0.15) is 42.7 Å². The van der Waals surface area contributed by atoms with Crippen LogP contribution >= 0.6 is 11.3 Å². The van der Waals surface area contributed by atoms with Gasteiger partial charge in [0.15, 0.2) is 5.13 Å². The predicted octanol–water partition coefficient (Wildman–Crippen LogP) is 3.31. The van der Waals surface area contributed by atoms with Crippen LogP contribution < -0.4 is 10.1 Å². The van der Waals surface area contributed by atoms with E-state index in [1.807, 2.05) is 12.3 Å². The topological polar surface area (TPSA) is 64.1 Å². The lowest BCUT2D eigenvalue weighted by molar-refractivity contribution is 0.102. The third-order valence-electron chi connectivity index (χ3n) is 2.63. The van der Waals surface area contributed by atoms with E-state index in [0.29, 0.717) is 29.1 Å². The van der Waals surface area contributed by atoms with E-state index in [4.69, 9.17) is 4.74 Å². The van der Waals surface area contributed by atoms with E-state index in [0.717, 1.165) is 5.69 Å². The first-order valence-electron chi connectivity index (χ1n) is 6.46. The van der Waals surface area contributed by atoms with Crippen molar-refractivity contribution in [2.24, 2.45) is 0 Å². The molecule has 0 atom stereocenters. The number of nitrogens with zero attached hydrogens (tertiary/aromatic N) is 2. The molecule has 0 spiro atoms. The van der Waals surface area contributed by atoms with Crippen molar-refractivity contribution < 1.29 is 9.53 Å². The highest BCUT2D eigenvalue weighted by Crippen LogP contribution is 2.23. The molecule has 0 aromatic carbocycles. The second-order valence-corrected chi connectivity index (χ2v) is 5.33. The first kappa shape index (κ1) is 14.5. The van der Waals surface area contributed by atoms with Gasteiger partial charge in [0.2, 0.25) is 5.88 Å². The Hall–Kier alpha value is -1.95. The molecule has 0 aliphatic rings. The summed E-state index contributed by atoms with van der Waals surface area (Å²) in [5, 5.41) is 5.32. The Labute approximate surface area is 122 Å². The molecule has 2 rings (SSSR count). The van der Waals surface area contributed by atoms with Crippen LogP contribution in [0.4, 0.5) is 5.13 Å². The van der Waals surface area contributed by atoms with Gasteiger partial charge in [-0.15, -0.1) is 11.3 Å². The van der Waals surface area contributed by atoms with Crippen LogP contribution in [0.5, 0.6) is 5.88 Å². The number of carbonyl (C=O) groups excluding carboxylic acids is 1. The zero-order valence-electron chi connectivity index (χ0n) is 11.7. The number of nitrogens with one attached hydrogen (secondary N) is 1. The van der Waals surface area contributed by atoms with Crippen LogP contribution in [0, 0.1) is 0 Å². The number of ether oxygens (including phenoxy) is 1. The highest BCUT2D eigenvalue weighted by molar-refractivity contribution is 7.14. The Kier molecular flexibility index (Phi) is 4.68. The number of hydrogen-bond donors (Lipinski definition) is 1. The summed E-state index contributed by atoms with van der Waals surface area (Å²) in [6.07, 6.45) is 1.60. The van der Waals surface area contributed by atoms with Crippen molar-refractivity contribution in [2.45, 2.75) is 26.7 Å². The van der Waals surface area contributed by atoms with Gasteiger partial charge in [0.1, 0.15) is 5.56 Å². The lowest BCUT2D eigenvalue weighted by atomic mass is 10.2. The molecule has 2 aromatic heterocycles. The van der Waals surface area contributed by atoms with Crippen LogP contribution in [0.2, 0.25) is 0 Å². The van der Waals surface area contributed by atoms with Crippen LogP contribution in [0.15, 0.2) is 23.7 Å². The van der Waals surface area contributed by atoms with Crippen molar-refractivity contribution in [1.29, 1.82) is 0 Å². The molecule has 0 saturated heterocycles. The molecule has 2 heterocycles. The minimum atomic E-state index is -0.258. The summed E-state index contributed by atoms with van der Waals surface area (Å²) in [4.78, 5) is 20.7. The van der Waals surface area contributed by atoms with E-state index in [2.05, 4.69) is 29.1 Å². The molecular formula is C14H17N3O2S. The standard InChI is InChI=1S/C14H17N3O2S/c1-4-19-13-10(6-5-7-15-13)12(18)17-14-16-11(8-20-14)9(2)3/h5-9H,4H2,1-3H3,(H,16,17,18). The van der Waals surface area contributed by atoms with Gasteiger partial charge in [0.25, 0.3) is 5.91 Å². The maximum Gasteiger partial charge on any atom is 0.262 e. The first-order valence-corrected chi connectivity index (χ1v) is 7.34. The third kappa shape index (κ3) is 3.33. The zero-order valence-corrected chi connectivity index (χ0v) is 12.5. The number of amides is 1. The summed E-state index contributed by atoms with van der Waals surface area (Å²) < 4.78 is 5.35. The molecule has 0 unspecified atom stereocenters. The molecule has 106 valence electrons. The quantitative estimate of drug-likeness (QED) is 0.918. The van der Waals surface area contributed by atoms with E-state index < -0.39 is 0 Å². The Morgan fingerprint density at radius 1 is 1.50 bits per heavy atom. The number of anilines is 1. The average molecular weight is 291 g/mol. The van der Waals surface area contributed by atoms with Gasteiger partial charge in [0, 0.05) is 11.6 Å². The van der Waals surface area contributed by atoms with Crippen molar-refractivity contribution in [3.8, 4) is 5.88 Å². The van der Waals surface area contributed by atoms with Crippen molar-refractivity contribution in [1.82, 2.24) is 9.97 Å². The number of pyridine rings is 1. The van der Waals surface area contributed by atoms with E-state index in [9.17, 15) is 4.79 Å².